The summed E-state index contributed by atoms with van der Waals surface area (Å²) in [4.78, 5) is 0. The van der Waals surface area contributed by atoms with Gasteiger partial charge in [-0.1, -0.05) is 54.6 Å². The topological polar surface area (TPSA) is 55.4 Å². The number of fused-ring (bicyclic) bond motifs is 1. The summed E-state index contributed by atoms with van der Waals surface area (Å²) in [6.45, 7) is 2.96. The van der Waals surface area contributed by atoms with E-state index in [1.165, 1.54) is 5.56 Å². The van der Waals surface area contributed by atoms with Crippen LogP contribution in [0.5, 0.6) is 5.75 Å². The molecule has 1 aliphatic rings. The highest BCUT2D eigenvalue weighted by Crippen LogP contribution is 2.30. The van der Waals surface area contributed by atoms with Crippen molar-refractivity contribution in [3.05, 3.63) is 89.0 Å². The number of nitrogens with one attached hydrogen (secondary N) is 1. The predicted octanol–water partition coefficient (Wildman–Crippen LogP) is 4.22. The zero-order valence-corrected chi connectivity index (χ0v) is 16.6. The molecule has 144 valence electrons. The van der Waals surface area contributed by atoms with Crippen molar-refractivity contribution in [1.29, 1.82) is 0 Å². The number of sulfonamides is 1. The lowest BCUT2D eigenvalue weighted by molar-refractivity contribution is 0.357. The number of rotatable bonds is 6. The number of aryl methyl sites for hydroxylation is 1. The van der Waals surface area contributed by atoms with Crippen molar-refractivity contribution in [2.45, 2.75) is 25.6 Å². The van der Waals surface area contributed by atoms with E-state index < -0.39 is 10.0 Å². The molecule has 0 unspecified atom stereocenters. The summed E-state index contributed by atoms with van der Waals surface area (Å²) < 4.78 is 33.1. The van der Waals surface area contributed by atoms with Crippen LogP contribution in [-0.4, -0.2) is 15.0 Å². The number of hydrogen-bond acceptors (Lipinski definition) is 3. The SMILES string of the molecule is Cc1ccccc1CS(=O)(=O)NCc1ccc(-c2ccc3c(c2)CCO3)cc1. The molecule has 0 aliphatic carbocycles. The van der Waals surface area contributed by atoms with Crippen molar-refractivity contribution in [3.63, 3.8) is 0 Å². The van der Waals surface area contributed by atoms with Gasteiger partial charge in [-0.15, -0.1) is 0 Å². The number of hydrogen-bond donors (Lipinski definition) is 1. The second-order valence-electron chi connectivity index (χ2n) is 7.12. The Morgan fingerprint density at radius 1 is 0.964 bits per heavy atom. The van der Waals surface area contributed by atoms with Gasteiger partial charge in [0.1, 0.15) is 5.75 Å². The molecule has 0 atom stereocenters. The first-order valence-electron chi connectivity index (χ1n) is 9.37. The minimum atomic E-state index is -3.39. The Morgan fingerprint density at radius 2 is 1.71 bits per heavy atom. The first kappa shape index (κ1) is 18.7. The number of ether oxygens (including phenoxy) is 1. The van der Waals surface area contributed by atoms with E-state index in [4.69, 9.17) is 4.74 Å². The molecule has 1 heterocycles. The van der Waals surface area contributed by atoms with Crippen LogP contribution in [0.1, 0.15) is 22.3 Å². The van der Waals surface area contributed by atoms with Gasteiger partial charge in [0, 0.05) is 13.0 Å². The van der Waals surface area contributed by atoms with E-state index in [9.17, 15) is 8.42 Å². The maximum atomic E-state index is 12.4. The molecule has 0 radical (unpaired) electrons. The molecule has 0 bridgehead atoms. The molecule has 0 saturated carbocycles. The van der Waals surface area contributed by atoms with E-state index in [1.807, 2.05) is 61.5 Å². The smallest absolute Gasteiger partial charge is 0.216 e. The minimum absolute atomic E-state index is 0.00501. The number of benzene rings is 3. The fraction of sp³-hybridized carbons (Fsp3) is 0.217. The van der Waals surface area contributed by atoms with E-state index in [2.05, 4.69) is 16.9 Å². The van der Waals surface area contributed by atoms with E-state index in [0.717, 1.165) is 46.6 Å². The Hall–Kier alpha value is -2.63. The molecule has 1 aliphatic heterocycles. The van der Waals surface area contributed by atoms with E-state index in [1.54, 1.807) is 0 Å². The van der Waals surface area contributed by atoms with Crippen molar-refractivity contribution >= 4 is 10.0 Å². The Balaban J connectivity index is 1.41. The lowest BCUT2D eigenvalue weighted by Crippen LogP contribution is -2.25. The molecule has 0 aromatic heterocycles. The highest BCUT2D eigenvalue weighted by atomic mass is 32.2. The third kappa shape index (κ3) is 4.26. The van der Waals surface area contributed by atoms with Crippen molar-refractivity contribution < 1.29 is 13.2 Å². The fourth-order valence-electron chi connectivity index (χ4n) is 3.40. The van der Waals surface area contributed by atoms with Crippen LogP contribution in [-0.2, 0) is 28.7 Å². The van der Waals surface area contributed by atoms with E-state index >= 15 is 0 Å². The highest BCUT2D eigenvalue weighted by molar-refractivity contribution is 7.88. The summed E-state index contributed by atoms with van der Waals surface area (Å²) in [7, 11) is -3.39. The summed E-state index contributed by atoms with van der Waals surface area (Å²) in [5, 5.41) is 0. The molecule has 0 fully saturated rings. The molecular weight excluding hydrogens is 370 g/mol. The Morgan fingerprint density at radius 3 is 2.50 bits per heavy atom. The molecule has 3 aromatic rings. The largest absolute Gasteiger partial charge is 0.493 e. The Labute approximate surface area is 166 Å². The third-order valence-electron chi connectivity index (χ3n) is 5.08. The monoisotopic (exact) mass is 393 g/mol. The van der Waals surface area contributed by atoms with Gasteiger partial charge in [-0.2, -0.15) is 0 Å². The quantitative estimate of drug-likeness (QED) is 0.682. The first-order valence-corrected chi connectivity index (χ1v) is 11.0. The van der Waals surface area contributed by atoms with E-state index in [0.29, 0.717) is 0 Å². The second kappa shape index (κ2) is 7.78. The third-order valence-corrected chi connectivity index (χ3v) is 6.35. The lowest BCUT2D eigenvalue weighted by atomic mass is 10.0. The summed E-state index contributed by atoms with van der Waals surface area (Å²) >= 11 is 0. The normalized spacial score (nSPS) is 13.2. The van der Waals surface area contributed by atoms with Gasteiger partial charge in [-0.05, 0) is 52.4 Å². The van der Waals surface area contributed by atoms with Crippen LogP contribution in [0.2, 0.25) is 0 Å². The zero-order valence-electron chi connectivity index (χ0n) is 15.8. The molecule has 1 N–H and O–H groups in total. The average Bonchev–Trinajstić information content (AvgIpc) is 3.16. The Bertz CT molecular complexity index is 1090. The van der Waals surface area contributed by atoms with Gasteiger partial charge in [0.05, 0.1) is 12.4 Å². The zero-order chi connectivity index (χ0) is 19.6. The van der Waals surface area contributed by atoms with Crippen LogP contribution >= 0.6 is 0 Å². The summed E-state index contributed by atoms with van der Waals surface area (Å²) in [5.74, 6) is 0.970. The molecule has 3 aromatic carbocycles. The summed E-state index contributed by atoms with van der Waals surface area (Å²) in [6.07, 6.45) is 0.948. The van der Waals surface area contributed by atoms with Crippen molar-refractivity contribution in [1.82, 2.24) is 4.72 Å². The maximum absolute atomic E-state index is 12.4. The van der Waals surface area contributed by atoms with Crippen molar-refractivity contribution in [2.24, 2.45) is 0 Å². The van der Waals surface area contributed by atoms with Crippen LogP contribution in [0, 0.1) is 6.92 Å². The van der Waals surface area contributed by atoms with Gasteiger partial charge in [-0.3, -0.25) is 0 Å². The van der Waals surface area contributed by atoms with Gasteiger partial charge in [0.25, 0.3) is 0 Å². The lowest BCUT2D eigenvalue weighted by Gasteiger charge is -2.10. The van der Waals surface area contributed by atoms with Crippen LogP contribution in [0.3, 0.4) is 0 Å². The molecule has 4 nitrogen and oxygen atoms in total. The van der Waals surface area contributed by atoms with Gasteiger partial charge < -0.3 is 4.74 Å². The van der Waals surface area contributed by atoms with Crippen molar-refractivity contribution in [2.75, 3.05) is 6.61 Å². The van der Waals surface area contributed by atoms with Gasteiger partial charge in [-0.25, -0.2) is 13.1 Å². The second-order valence-corrected chi connectivity index (χ2v) is 8.93. The predicted molar refractivity (Wildman–Crippen MR) is 112 cm³/mol. The standard InChI is InChI=1S/C23H23NO3S/c1-17-4-2-3-5-22(17)16-28(25,26)24-15-18-6-8-19(9-7-18)20-10-11-23-21(14-20)12-13-27-23/h2-11,14,24H,12-13,15-16H2,1H3. The molecule has 5 heteroatoms. The van der Waals surface area contributed by atoms with E-state index in [-0.39, 0.29) is 12.3 Å². The van der Waals surface area contributed by atoms with Crippen LogP contribution in [0.4, 0.5) is 0 Å². The van der Waals surface area contributed by atoms with Gasteiger partial charge in [0.15, 0.2) is 0 Å². The van der Waals surface area contributed by atoms with Gasteiger partial charge >= 0.3 is 0 Å². The average molecular weight is 394 g/mol. The Kier molecular flexibility index (Phi) is 5.20. The van der Waals surface area contributed by atoms with Crippen LogP contribution < -0.4 is 9.46 Å². The van der Waals surface area contributed by atoms with Crippen LogP contribution in [0.15, 0.2) is 66.7 Å². The maximum Gasteiger partial charge on any atom is 0.216 e. The summed E-state index contributed by atoms with van der Waals surface area (Å²) in [5.41, 5.74) is 6.24. The molecule has 4 rings (SSSR count). The van der Waals surface area contributed by atoms with Gasteiger partial charge in [0.2, 0.25) is 10.0 Å². The molecule has 0 spiro atoms. The molecular formula is C23H23NO3S. The van der Waals surface area contributed by atoms with Crippen LogP contribution in [0.25, 0.3) is 11.1 Å². The molecule has 0 amide bonds. The molecule has 28 heavy (non-hydrogen) atoms. The van der Waals surface area contributed by atoms with Crippen molar-refractivity contribution in [3.8, 4) is 16.9 Å². The summed E-state index contributed by atoms with van der Waals surface area (Å²) in [6, 6.07) is 21.8. The fourth-order valence-corrected chi connectivity index (χ4v) is 4.62. The first-order chi connectivity index (χ1) is 13.5. The molecule has 0 saturated heterocycles. The highest BCUT2D eigenvalue weighted by Gasteiger charge is 2.14. The minimum Gasteiger partial charge on any atom is -0.493 e.